The van der Waals surface area contributed by atoms with E-state index in [9.17, 15) is 4.79 Å². The van der Waals surface area contributed by atoms with Crippen molar-refractivity contribution < 1.29 is 28.5 Å². The molecule has 0 spiro atoms. The Morgan fingerprint density at radius 1 is 0.815 bits per heavy atom. The SMILES string of the molecule is COc1ccc(OC[C@H](C)NC(=O)COc2cc(OC)cc(OC)c2)cc1. The molecule has 1 amide bonds. The normalized spacial score (nSPS) is 11.3. The molecule has 2 aromatic rings. The van der Waals surface area contributed by atoms with Crippen molar-refractivity contribution in [3.8, 4) is 28.7 Å². The monoisotopic (exact) mass is 375 g/mol. The number of methoxy groups -OCH3 is 3. The minimum absolute atomic E-state index is 0.122. The maximum atomic E-state index is 12.1. The third-order valence-corrected chi connectivity index (χ3v) is 3.66. The average molecular weight is 375 g/mol. The molecular weight excluding hydrogens is 350 g/mol. The zero-order chi connectivity index (χ0) is 19.6. The molecule has 0 aliphatic heterocycles. The first-order valence-corrected chi connectivity index (χ1v) is 8.46. The molecule has 2 aromatic carbocycles. The van der Waals surface area contributed by atoms with Crippen LogP contribution in [0.15, 0.2) is 42.5 Å². The van der Waals surface area contributed by atoms with Gasteiger partial charge in [-0.25, -0.2) is 0 Å². The predicted molar refractivity (Wildman–Crippen MR) is 101 cm³/mol. The van der Waals surface area contributed by atoms with Crippen LogP contribution in [0.5, 0.6) is 28.7 Å². The quantitative estimate of drug-likeness (QED) is 0.688. The van der Waals surface area contributed by atoms with Gasteiger partial charge in [0.15, 0.2) is 6.61 Å². The minimum atomic E-state index is -0.248. The Morgan fingerprint density at radius 3 is 1.89 bits per heavy atom. The highest BCUT2D eigenvalue weighted by Gasteiger charge is 2.10. The summed E-state index contributed by atoms with van der Waals surface area (Å²) in [5, 5.41) is 2.82. The molecule has 0 aliphatic carbocycles. The van der Waals surface area contributed by atoms with Crippen molar-refractivity contribution in [3.63, 3.8) is 0 Å². The molecule has 0 fully saturated rings. The molecule has 7 nitrogen and oxygen atoms in total. The number of ether oxygens (including phenoxy) is 5. The van der Waals surface area contributed by atoms with E-state index in [0.717, 1.165) is 5.75 Å². The van der Waals surface area contributed by atoms with Gasteiger partial charge >= 0.3 is 0 Å². The molecule has 0 aliphatic rings. The van der Waals surface area contributed by atoms with Crippen LogP contribution in [-0.2, 0) is 4.79 Å². The number of carbonyl (C=O) groups excluding carboxylic acids is 1. The third kappa shape index (κ3) is 6.62. The maximum absolute atomic E-state index is 12.1. The van der Waals surface area contributed by atoms with Gasteiger partial charge in [0.2, 0.25) is 0 Å². The first kappa shape index (κ1) is 20.2. The fourth-order valence-corrected chi connectivity index (χ4v) is 2.26. The predicted octanol–water partition coefficient (Wildman–Crippen LogP) is 2.67. The molecule has 2 rings (SSSR count). The van der Waals surface area contributed by atoms with Gasteiger partial charge in [0, 0.05) is 18.2 Å². The summed E-state index contributed by atoms with van der Waals surface area (Å²) in [6.07, 6.45) is 0. The van der Waals surface area contributed by atoms with Crippen LogP contribution in [0, 0.1) is 0 Å². The second-order valence-corrected chi connectivity index (χ2v) is 5.79. The summed E-state index contributed by atoms with van der Waals surface area (Å²) in [6.45, 7) is 2.07. The average Bonchev–Trinajstić information content (AvgIpc) is 2.70. The summed E-state index contributed by atoms with van der Waals surface area (Å²) in [4.78, 5) is 12.1. The third-order valence-electron chi connectivity index (χ3n) is 3.66. The lowest BCUT2D eigenvalue weighted by Crippen LogP contribution is -2.39. The van der Waals surface area contributed by atoms with Gasteiger partial charge in [-0.15, -0.1) is 0 Å². The topological polar surface area (TPSA) is 75.3 Å². The maximum Gasteiger partial charge on any atom is 0.258 e. The van der Waals surface area contributed by atoms with E-state index in [1.54, 1.807) is 39.5 Å². The van der Waals surface area contributed by atoms with Gasteiger partial charge in [-0.2, -0.15) is 0 Å². The molecule has 1 atom stereocenters. The van der Waals surface area contributed by atoms with Gasteiger partial charge in [0.05, 0.1) is 27.4 Å². The molecule has 0 heterocycles. The number of hydrogen-bond acceptors (Lipinski definition) is 6. The van der Waals surface area contributed by atoms with Gasteiger partial charge in [-0.3, -0.25) is 4.79 Å². The molecule has 0 unspecified atom stereocenters. The Morgan fingerprint density at radius 2 is 1.33 bits per heavy atom. The summed E-state index contributed by atoms with van der Waals surface area (Å²) >= 11 is 0. The van der Waals surface area contributed by atoms with E-state index in [0.29, 0.717) is 29.6 Å². The van der Waals surface area contributed by atoms with Gasteiger partial charge in [-0.05, 0) is 31.2 Å². The summed E-state index contributed by atoms with van der Waals surface area (Å²) < 4.78 is 26.6. The van der Waals surface area contributed by atoms with Crippen molar-refractivity contribution in [3.05, 3.63) is 42.5 Å². The van der Waals surface area contributed by atoms with Crippen molar-refractivity contribution in [1.29, 1.82) is 0 Å². The van der Waals surface area contributed by atoms with Crippen molar-refractivity contribution in [2.45, 2.75) is 13.0 Å². The Labute approximate surface area is 159 Å². The van der Waals surface area contributed by atoms with Crippen LogP contribution in [-0.4, -0.2) is 46.5 Å². The smallest absolute Gasteiger partial charge is 0.258 e. The highest BCUT2D eigenvalue weighted by atomic mass is 16.5. The number of benzene rings is 2. The molecule has 0 saturated heterocycles. The number of hydrogen-bond donors (Lipinski definition) is 1. The van der Waals surface area contributed by atoms with Crippen molar-refractivity contribution >= 4 is 5.91 Å². The van der Waals surface area contributed by atoms with Gasteiger partial charge in [0.1, 0.15) is 35.4 Å². The molecule has 0 saturated carbocycles. The summed E-state index contributed by atoms with van der Waals surface area (Å²) in [5.74, 6) is 2.88. The fourth-order valence-electron chi connectivity index (χ4n) is 2.26. The number of amides is 1. The van der Waals surface area contributed by atoms with E-state index in [4.69, 9.17) is 23.7 Å². The molecule has 27 heavy (non-hydrogen) atoms. The number of rotatable bonds is 10. The molecule has 0 aromatic heterocycles. The molecule has 1 N–H and O–H groups in total. The van der Waals surface area contributed by atoms with E-state index in [2.05, 4.69) is 5.32 Å². The second kappa shape index (κ2) is 10.2. The molecule has 0 bridgehead atoms. The Hall–Kier alpha value is -3.09. The van der Waals surface area contributed by atoms with Crippen LogP contribution < -0.4 is 29.0 Å². The lowest BCUT2D eigenvalue weighted by molar-refractivity contribution is -0.123. The van der Waals surface area contributed by atoms with Crippen LogP contribution in [0.2, 0.25) is 0 Å². The molecular formula is C20H25NO6. The Bertz CT molecular complexity index is 710. The van der Waals surface area contributed by atoms with Crippen LogP contribution in [0.4, 0.5) is 0 Å². The van der Waals surface area contributed by atoms with Crippen LogP contribution >= 0.6 is 0 Å². The van der Waals surface area contributed by atoms with Crippen molar-refractivity contribution in [2.24, 2.45) is 0 Å². The summed E-state index contributed by atoms with van der Waals surface area (Å²) in [5.41, 5.74) is 0. The van der Waals surface area contributed by atoms with Crippen LogP contribution in [0.25, 0.3) is 0 Å². The first-order valence-electron chi connectivity index (χ1n) is 8.46. The second-order valence-electron chi connectivity index (χ2n) is 5.79. The lowest BCUT2D eigenvalue weighted by Gasteiger charge is -2.16. The fraction of sp³-hybridized carbons (Fsp3) is 0.350. The Kier molecular flexibility index (Phi) is 7.61. The zero-order valence-electron chi connectivity index (χ0n) is 16.0. The minimum Gasteiger partial charge on any atom is -0.497 e. The molecule has 0 radical (unpaired) electrons. The summed E-state index contributed by atoms with van der Waals surface area (Å²) in [6, 6.07) is 12.2. The van der Waals surface area contributed by atoms with Gasteiger partial charge in [-0.1, -0.05) is 0 Å². The van der Waals surface area contributed by atoms with E-state index in [1.807, 2.05) is 31.2 Å². The Balaban J connectivity index is 1.77. The van der Waals surface area contributed by atoms with E-state index < -0.39 is 0 Å². The highest BCUT2D eigenvalue weighted by molar-refractivity contribution is 5.77. The number of carbonyl (C=O) groups is 1. The van der Waals surface area contributed by atoms with Crippen molar-refractivity contribution in [2.75, 3.05) is 34.5 Å². The zero-order valence-corrected chi connectivity index (χ0v) is 16.0. The van der Waals surface area contributed by atoms with Gasteiger partial charge in [0.25, 0.3) is 5.91 Å². The van der Waals surface area contributed by atoms with Crippen molar-refractivity contribution in [1.82, 2.24) is 5.32 Å². The largest absolute Gasteiger partial charge is 0.497 e. The van der Waals surface area contributed by atoms with E-state index in [1.165, 1.54) is 0 Å². The van der Waals surface area contributed by atoms with Gasteiger partial charge < -0.3 is 29.0 Å². The first-order chi connectivity index (χ1) is 13.0. The lowest BCUT2D eigenvalue weighted by atomic mass is 10.3. The van der Waals surface area contributed by atoms with Crippen LogP contribution in [0.3, 0.4) is 0 Å². The molecule has 146 valence electrons. The highest BCUT2D eigenvalue weighted by Crippen LogP contribution is 2.27. The van der Waals surface area contributed by atoms with E-state index in [-0.39, 0.29) is 18.6 Å². The summed E-state index contributed by atoms with van der Waals surface area (Å²) in [7, 11) is 4.71. The standard InChI is InChI=1S/C20H25NO6/c1-14(12-26-16-7-5-15(23-2)6-8-16)21-20(22)13-27-19-10-17(24-3)9-18(11-19)25-4/h5-11,14H,12-13H2,1-4H3,(H,21,22)/t14-/m0/s1. The molecule has 7 heteroatoms. The number of nitrogens with one attached hydrogen (secondary N) is 1. The van der Waals surface area contributed by atoms with Crippen LogP contribution in [0.1, 0.15) is 6.92 Å². The van der Waals surface area contributed by atoms with E-state index >= 15 is 0 Å².